The molecule has 0 saturated carbocycles. The normalized spacial score (nSPS) is 17.7. The van der Waals surface area contributed by atoms with Crippen LogP contribution in [0.15, 0.2) is 29.2 Å². The molecule has 0 radical (unpaired) electrons. The molecule has 1 aromatic carbocycles. The molecule has 0 aliphatic carbocycles. The Morgan fingerprint density at radius 2 is 2.23 bits per heavy atom. The van der Waals surface area contributed by atoms with Crippen LogP contribution in [0, 0.1) is 0 Å². The van der Waals surface area contributed by atoms with Gasteiger partial charge < -0.3 is 9.88 Å². The van der Waals surface area contributed by atoms with Gasteiger partial charge in [-0.15, -0.1) is 0 Å². The first kappa shape index (κ1) is 14.8. The molecule has 4 heteroatoms. The van der Waals surface area contributed by atoms with Crippen molar-refractivity contribution in [3.8, 4) is 0 Å². The van der Waals surface area contributed by atoms with Crippen molar-refractivity contribution in [2.45, 2.75) is 52.1 Å². The van der Waals surface area contributed by atoms with Gasteiger partial charge in [0.25, 0.3) is 5.91 Å². The Hall–Kier alpha value is -2.10. The van der Waals surface area contributed by atoms with E-state index in [2.05, 4.69) is 29.8 Å². The van der Waals surface area contributed by atoms with Crippen molar-refractivity contribution in [3.05, 3.63) is 45.7 Å². The second-order valence-corrected chi connectivity index (χ2v) is 6.31. The van der Waals surface area contributed by atoms with E-state index in [1.165, 1.54) is 5.56 Å². The van der Waals surface area contributed by atoms with Crippen LogP contribution in [0.1, 0.15) is 55.6 Å². The molecule has 1 aromatic heterocycles. The number of hydrogen-bond donors (Lipinski definition) is 1. The Kier molecular flexibility index (Phi) is 3.77. The lowest BCUT2D eigenvalue weighted by Crippen LogP contribution is -2.35. The summed E-state index contributed by atoms with van der Waals surface area (Å²) in [4.78, 5) is 25.1. The zero-order valence-electron chi connectivity index (χ0n) is 13.3. The van der Waals surface area contributed by atoms with Crippen molar-refractivity contribution >= 4 is 16.8 Å². The predicted molar refractivity (Wildman–Crippen MR) is 88.5 cm³/mol. The van der Waals surface area contributed by atoms with Crippen LogP contribution >= 0.6 is 0 Å². The third kappa shape index (κ3) is 2.32. The number of rotatable bonds is 4. The van der Waals surface area contributed by atoms with Crippen molar-refractivity contribution in [1.82, 2.24) is 9.88 Å². The molecule has 1 N–H and O–H groups in total. The fraction of sp³-hybridized carbons (Fsp3) is 0.444. The van der Waals surface area contributed by atoms with E-state index in [9.17, 15) is 9.59 Å². The Morgan fingerprint density at radius 3 is 2.95 bits per heavy atom. The molecule has 0 bridgehead atoms. The van der Waals surface area contributed by atoms with Crippen LogP contribution in [0.3, 0.4) is 0 Å². The van der Waals surface area contributed by atoms with Crippen molar-refractivity contribution < 1.29 is 4.79 Å². The number of carbonyl (C=O) groups is 1. The summed E-state index contributed by atoms with van der Waals surface area (Å²) in [6.45, 7) is 6.17. The van der Waals surface area contributed by atoms with E-state index in [0.717, 1.165) is 24.8 Å². The van der Waals surface area contributed by atoms with Gasteiger partial charge in [-0.2, -0.15) is 0 Å². The third-order valence-electron chi connectivity index (χ3n) is 4.47. The lowest BCUT2D eigenvalue weighted by Gasteiger charge is -2.15. The van der Waals surface area contributed by atoms with Gasteiger partial charge >= 0.3 is 0 Å². The zero-order chi connectivity index (χ0) is 15.9. The smallest absolute Gasteiger partial charge is 0.256 e. The topological polar surface area (TPSA) is 51.1 Å². The number of benzene rings is 1. The number of nitrogens with one attached hydrogen (secondary N) is 1. The van der Waals surface area contributed by atoms with Gasteiger partial charge in [0.05, 0.1) is 5.52 Å². The second-order valence-electron chi connectivity index (χ2n) is 6.31. The Morgan fingerprint density at radius 1 is 1.45 bits per heavy atom. The minimum atomic E-state index is -0.263. The van der Waals surface area contributed by atoms with Gasteiger partial charge in [-0.25, -0.2) is 0 Å². The summed E-state index contributed by atoms with van der Waals surface area (Å²) in [6, 6.07) is 6.14. The van der Waals surface area contributed by atoms with Crippen LogP contribution in [-0.2, 0) is 6.42 Å². The van der Waals surface area contributed by atoms with E-state index in [4.69, 9.17) is 0 Å². The number of amides is 1. The Bertz CT molecular complexity index is 792. The van der Waals surface area contributed by atoms with Crippen LogP contribution in [-0.4, -0.2) is 16.5 Å². The third-order valence-corrected chi connectivity index (χ3v) is 4.47. The molecular formula is C18H22N2O2. The monoisotopic (exact) mass is 298 g/mol. The van der Waals surface area contributed by atoms with Crippen LogP contribution in [0.2, 0.25) is 0 Å². The largest absolute Gasteiger partial charge is 0.349 e. The number of carbonyl (C=O) groups excluding carboxylic acids is 1. The summed E-state index contributed by atoms with van der Waals surface area (Å²) < 4.78 is 2.07. The maximum absolute atomic E-state index is 12.7. The van der Waals surface area contributed by atoms with Gasteiger partial charge in [-0.1, -0.05) is 25.5 Å². The van der Waals surface area contributed by atoms with Crippen LogP contribution in [0.25, 0.3) is 10.9 Å². The number of hydrogen-bond acceptors (Lipinski definition) is 2. The number of nitrogens with zero attached hydrogens (tertiary/aromatic N) is 1. The Balaban J connectivity index is 2.08. The summed E-state index contributed by atoms with van der Waals surface area (Å²) in [6.07, 6.45) is 4.56. The average molecular weight is 298 g/mol. The minimum absolute atomic E-state index is 0.0786. The summed E-state index contributed by atoms with van der Waals surface area (Å²) in [5, 5.41) is 3.58. The predicted octanol–water partition coefficient (Wildman–Crippen LogP) is 3.04. The molecule has 0 spiro atoms. The van der Waals surface area contributed by atoms with Gasteiger partial charge in [0.1, 0.15) is 5.56 Å². The van der Waals surface area contributed by atoms with E-state index in [-0.39, 0.29) is 29.0 Å². The lowest BCUT2D eigenvalue weighted by atomic mass is 10.1. The molecule has 0 saturated heterocycles. The molecule has 4 nitrogen and oxygen atoms in total. The van der Waals surface area contributed by atoms with E-state index < -0.39 is 0 Å². The van der Waals surface area contributed by atoms with Crippen LogP contribution in [0.5, 0.6) is 0 Å². The standard InChI is InChI=1S/C18H22N2O2/c1-4-6-11(2)19-18(22)15-10-20-12(3)9-13-7-5-8-14(16(13)20)17(15)21/h5,7-8,10-12H,4,6,9H2,1-3H3,(H,19,22)/t11-,12+/m0/s1. The molecule has 3 rings (SSSR count). The molecule has 0 unspecified atom stereocenters. The van der Waals surface area contributed by atoms with E-state index in [1.807, 2.05) is 19.1 Å². The van der Waals surface area contributed by atoms with Crippen molar-refractivity contribution in [2.24, 2.45) is 0 Å². The highest BCUT2D eigenvalue weighted by Crippen LogP contribution is 2.30. The summed E-state index contributed by atoms with van der Waals surface area (Å²) in [7, 11) is 0. The minimum Gasteiger partial charge on any atom is -0.349 e. The van der Waals surface area contributed by atoms with Gasteiger partial charge in [-0.05, 0) is 38.3 Å². The zero-order valence-corrected chi connectivity index (χ0v) is 13.3. The maximum Gasteiger partial charge on any atom is 0.256 e. The van der Waals surface area contributed by atoms with E-state index >= 15 is 0 Å². The molecule has 0 fully saturated rings. The number of pyridine rings is 1. The summed E-state index contributed by atoms with van der Waals surface area (Å²) in [5.41, 5.74) is 2.26. The highest BCUT2D eigenvalue weighted by atomic mass is 16.2. The van der Waals surface area contributed by atoms with Crippen LogP contribution in [0.4, 0.5) is 0 Å². The van der Waals surface area contributed by atoms with Gasteiger partial charge in [-0.3, -0.25) is 9.59 Å². The molecule has 116 valence electrons. The van der Waals surface area contributed by atoms with Gasteiger partial charge in [0, 0.05) is 23.7 Å². The first-order valence-corrected chi connectivity index (χ1v) is 8.00. The molecule has 2 aromatic rings. The SMILES string of the molecule is CCC[C@H](C)NC(=O)c1cn2c3c(cccc3c1=O)C[C@H]2C. The molecule has 1 aliphatic heterocycles. The van der Waals surface area contributed by atoms with Gasteiger partial charge in [0.2, 0.25) is 5.43 Å². The van der Waals surface area contributed by atoms with Crippen molar-refractivity contribution in [1.29, 1.82) is 0 Å². The van der Waals surface area contributed by atoms with Crippen molar-refractivity contribution in [3.63, 3.8) is 0 Å². The number of para-hydroxylation sites is 1. The molecular weight excluding hydrogens is 276 g/mol. The highest BCUT2D eigenvalue weighted by molar-refractivity contribution is 5.98. The Labute approximate surface area is 130 Å². The second kappa shape index (κ2) is 5.59. The van der Waals surface area contributed by atoms with Crippen molar-refractivity contribution in [2.75, 3.05) is 0 Å². The average Bonchev–Trinajstić information content (AvgIpc) is 2.79. The summed E-state index contributed by atoms with van der Waals surface area (Å²) in [5.74, 6) is -0.263. The first-order valence-electron chi connectivity index (χ1n) is 8.00. The first-order chi connectivity index (χ1) is 10.5. The summed E-state index contributed by atoms with van der Waals surface area (Å²) >= 11 is 0. The highest BCUT2D eigenvalue weighted by Gasteiger charge is 2.24. The molecule has 1 aliphatic rings. The molecule has 2 atom stereocenters. The quantitative estimate of drug-likeness (QED) is 0.943. The number of aromatic nitrogens is 1. The molecule has 22 heavy (non-hydrogen) atoms. The van der Waals surface area contributed by atoms with E-state index in [0.29, 0.717) is 5.39 Å². The fourth-order valence-electron chi connectivity index (χ4n) is 3.38. The molecule has 2 heterocycles. The maximum atomic E-state index is 12.7. The molecule has 1 amide bonds. The van der Waals surface area contributed by atoms with Crippen LogP contribution < -0.4 is 10.7 Å². The fourth-order valence-corrected chi connectivity index (χ4v) is 3.38. The lowest BCUT2D eigenvalue weighted by molar-refractivity contribution is 0.0936. The van der Waals surface area contributed by atoms with Gasteiger partial charge in [0.15, 0.2) is 0 Å². The van der Waals surface area contributed by atoms with E-state index in [1.54, 1.807) is 6.20 Å².